The lowest BCUT2D eigenvalue weighted by molar-refractivity contribution is 0.0564. The maximum atomic E-state index is 11.0. The van der Waals surface area contributed by atoms with Crippen molar-refractivity contribution in [2.75, 3.05) is 5.32 Å². The minimum atomic E-state index is -1.03. The highest BCUT2D eigenvalue weighted by molar-refractivity contribution is 5.94. The minimum Gasteiger partial charge on any atom is -0.478 e. The number of hydrogen-bond donors (Lipinski definition) is 2. The topological polar surface area (TPSA) is 71.5 Å². The fraction of sp³-hybridized carbons (Fsp3) is 0.333. The summed E-state index contributed by atoms with van der Waals surface area (Å²) in [5, 5.41) is 11.8. The molecule has 1 rings (SSSR count). The Bertz CT molecular complexity index is 436. The summed E-state index contributed by atoms with van der Waals surface area (Å²) in [6.45, 7) is 9.31. The van der Waals surface area contributed by atoms with Gasteiger partial charge in [-0.15, -0.1) is 0 Å². The molecule has 5 nitrogen and oxygen atoms in total. The lowest BCUT2D eigenvalue weighted by Gasteiger charge is -2.23. The van der Waals surface area contributed by atoms with E-state index in [0.29, 0.717) is 5.69 Å². The van der Waals surface area contributed by atoms with Crippen LogP contribution in [-0.2, 0) is 4.74 Å². The van der Waals surface area contributed by atoms with Crippen LogP contribution in [0, 0.1) is 0 Å². The second-order valence-corrected chi connectivity index (χ2v) is 4.49. The highest BCUT2D eigenvalue weighted by Gasteiger charge is 2.15. The summed E-state index contributed by atoms with van der Waals surface area (Å²) in [5.74, 6) is -0.744. The van der Waals surface area contributed by atoms with Gasteiger partial charge in [-0.2, -0.15) is 0 Å². The second kappa shape index (κ2) is 4.86. The SMILES string of the molecule is C=C(Nc1cnccc1C(=O)O)OC(C)(C)C. The van der Waals surface area contributed by atoms with Gasteiger partial charge < -0.3 is 15.2 Å². The molecule has 17 heavy (non-hydrogen) atoms. The molecule has 0 aliphatic rings. The molecule has 0 unspecified atom stereocenters. The van der Waals surface area contributed by atoms with E-state index in [4.69, 9.17) is 9.84 Å². The van der Waals surface area contributed by atoms with E-state index < -0.39 is 11.6 Å². The van der Waals surface area contributed by atoms with E-state index in [0.717, 1.165) is 0 Å². The number of aromatic carboxylic acids is 1. The van der Waals surface area contributed by atoms with Crippen molar-refractivity contribution in [2.24, 2.45) is 0 Å². The molecule has 5 heteroatoms. The monoisotopic (exact) mass is 236 g/mol. The normalized spacial score (nSPS) is 10.8. The zero-order chi connectivity index (χ0) is 13.1. The molecular formula is C12H16N2O3. The van der Waals surface area contributed by atoms with Crippen molar-refractivity contribution in [3.05, 3.63) is 36.5 Å². The molecule has 92 valence electrons. The number of nitrogens with one attached hydrogen (secondary N) is 1. The third-order valence-electron chi connectivity index (χ3n) is 1.75. The molecule has 0 bridgehead atoms. The number of carbonyl (C=O) groups is 1. The van der Waals surface area contributed by atoms with Crippen molar-refractivity contribution in [2.45, 2.75) is 26.4 Å². The van der Waals surface area contributed by atoms with Crippen molar-refractivity contribution in [1.82, 2.24) is 4.98 Å². The number of carboxylic acid groups (broad SMARTS) is 1. The molecule has 0 radical (unpaired) electrons. The first-order valence-corrected chi connectivity index (χ1v) is 5.12. The smallest absolute Gasteiger partial charge is 0.337 e. The van der Waals surface area contributed by atoms with Crippen molar-refractivity contribution < 1.29 is 14.6 Å². The zero-order valence-electron chi connectivity index (χ0n) is 10.2. The maximum absolute atomic E-state index is 11.0. The Morgan fingerprint density at radius 1 is 1.53 bits per heavy atom. The van der Waals surface area contributed by atoms with Gasteiger partial charge in [-0.05, 0) is 33.4 Å². The van der Waals surface area contributed by atoms with Crippen LogP contribution in [0.3, 0.4) is 0 Å². The standard InChI is InChI=1S/C12H16N2O3/c1-8(17-12(2,3)4)14-10-7-13-6-5-9(10)11(15)16/h5-7,14H,1H2,2-4H3,(H,15,16). The van der Waals surface area contributed by atoms with Gasteiger partial charge in [0, 0.05) is 6.20 Å². The fourth-order valence-electron chi connectivity index (χ4n) is 1.23. The Kier molecular flexibility index (Phi) is 3.73. The molecular weight excluding hydrogens is 220 g/mol. The lowest BCUT2D eigenvalue weighted by Crippen LogP contribution is -2.21. The van der Waals surface area contributed by atoms with Gasteiger partial charge in [0.2, 0.25) is 0 Å². The van der Waals surface area contributed by atoms with Gasteiger partial charge in [-0.1, -0.05) is 0 Å². The van der Waals surface area contributed by atoms with Crippen LogP contribution in [0.25, 0.3) is 0 Å². The Balaban J connectivity index is 2.82. The summed E-state index contributed by atoms with van der Waals surface area (Å²) in [5.41, 5.74) is 0.0864. The third kappa shape index (κ3) is 4.14. The van der Waals surface area contributed by atoms with Gasteiger partial charge in [0.25, 0.3) is 0 Å². The average molecular weight is 236 g/mol. The summed E-state index contributed by atoms with van der Waals surface area (Å²) in [4.78, 5) is 14.8. The molecule has 0 fully saturated rings. The molecule has 0 spiro atoms. The van der Waals surface area contributed by atoms with E-state index in [1.165, 1.54) is 18.5 Å². The van der Waals surface area contributed by atoms with E-state index in [2.05, 4.69) is 16.9 Å². The first-order valence-electron chi connectivity index (χ1n) is 5.12. The summed E-state index contributed by atoms with van der Waals surface area (Å²) >= 11 is 0. The highest BCUT2D eigenvalue weighted by atomic mass is 16.5. The summed E-state index contributed by atoms with van der Waals surface area (Å²) in [6.07, 6.45) is 2.84. The number of pyridine rings is 1. The van der Waals surface area contributed by atoms with Crippen LogP contribution in [0.4, 0.5) is 5.69 Å². The first kappa shape index (κ1) is 13.0. The van der Waals surface area contributed by atoms with E-state index in [-0.39, 0.29) is 11.4 Å². The summed E-state index contributed by atoms with van der Waals surface area (Å²) in [7, 11) is 0. The maximum Gasteiger partial charge on any atom is 0.337 e. The third-order valence-corrected chi connectivity index (χ3v) is 1.75. The van der Waals surface area contributed by atoms with Crippen molar-refractivity contribution >= 4 is 11.7 Å². The molecule has 0 atom stereocenters. The summed E-state index contributed by atoms with van der Waals surface area (Å²) in [6, 6.07) is 1.41. The quantitative estimate of drug-likeness (QED) is 0.786. The van der Waals surface area contributed by atoms with Crippen LogP contribution in [0.15, 0.2) is 30.9 Å². The summed E-state index contributed by atoms with van der Waals surface area (Å²) < 4.78 is 5.45. The number of ether oxygens (including phenoxy) is 1. The van der Waals surface area contributed by atoms with Gasteiger partial charge in [-0.25, -0.2) is 4.79 Å². The predicted octanol–water partition coefficient (Wildman–Crippen LogP) is 2.48. The second-order valence-electron chi connectivity index (χ2n) is 4.49. The molecule has 1 aromatic heterocycles. The van der Waals surface area contributed by atoms with Gasteiger partial charge in [-0.3, -0.25) is 4.98 Å². The van der Waals surface area contributed by atoms with Crippen LogP contribution in [-0.4, -0.2) is 21.7 Å². The number of carboxylic acids is 1. The Labute approximate surface area is 100 Å². The zero-order valence-corrected chi connectivity index (χ0v) is 10.2. The number of nitrogens with zero attached hydrogens (tertiary/aromatic N) is 1. The van der Waals surface area contributed by atoms with Crippen LogP contribution < -0.4 is 5.32 Å². The van der Waals surface area contributed by atoms with E-state index in [1.54, 1.807) is 0 Å². The van der Waals surface area contributed by atoms with Crippen molar-refractivity contribution in [3.63, 3.8) is 0 Å². The van der Waals surface area contributed by atoms with Crippen LogP contribution >= 0.6 is 0 Å². The highest BCUT2D eigenvalue weighted by Crippen LogP contribution is 2.18. The molecule has 1 aromatic rings. The number of hydrogen-bond acceptors (Lipinski definition) is 4. The fourth-order valence-corrected chi connectivity index (χ4v) is 1.23. The molecule has 0 aliphatic heterocycles. The van der Waals surface area contributed by atoms with E-state index in [9.17, 15) is 4.79 Å². The lowest BCUT2D eigenvalue weighted by atomic mass is 10.2. The van der Waals surface area contributed by atoms with Crippen LogP contribution in [0.5, 0.6) is 0 Å². The molecule has 0 aromatic carbocycles. The van der Waals surface area contributed by atoms with E-state index in [1.807, 2.05) is 20.8 Å². The largest absolute Gasteiger partial charge is 0.478 e. The van der Waals surface area contributed by atoms with Gasteiger partial charge in [0.15, 0.2) is 5.88 Å². The van der Waals surface area contributed by atoms with E-state index >= 15 is 0 Å². The molecule has 2 N–H and O–H groups in total. The average Bonchev–Trinajstić information content (AvgIpc) is 2.14. The number of aromatic nitrogens is 1. The van der Waals surface area contributed by atoms with Crippen LogP contribution in [0.1, 0.15) is 31.1 Å². The van der Waals surface area contributed by atoms with Crippen molar-refractivity contribution in [1.29, 1.82) is 0 Å². The van der Waals surface area contributed by atoms with Crippen molar-refractivity contribution in [3.8, 4) is 0 Å². The predicted molar refractivity (Wildman–Crippen MR) is 64.8 cm³/mol. The molecule has 0 amide bonds. The Hall–Kier alpha value is -2.04. The minimum absolute atomic E-state index is 0.124. The molecule has 0 saturated carbocycles. The number of rotatable bonds is 4. The molecule has 0 aliphatic carbocycles. The Morgan fingerprint density at radius 3 is 2.71 bits per heavy atom. The van der Waals surface area contributed by atoms with Crippen LogP contribution in [0.2, 0.25) is 0 Å². The van der Waals surface area contributed by atoms with Gasteiger partial charge >= 0.3 is 5.97 Å². The Morgan fingerprint density at radius 2 is 2.18 bits per heavy atom. The van der Waals surface area contributed by atoms with Gasteiger partial charge in [0.05, 0.1) is 17.4 Å². The molecule has 1 heterocycles. The molecule has 0 saturated heterocycles. The number of anilines is 1. The van der Waals surface area contributed by atoms with Gasteiger partial charge in [0.1, 0.15) is 5.60 Å². The first-order chi connectivity index (χ1) is 7.79.